The third-order valence-electron chi connectivity index (χ3n) is 15.8. The van der Waals surface area contributed by atoms with Crippen LogP contribution < -0.4 is 5.32 Å². The Morgan fingerprint density at radius 3 is 2.30 bits per heavy atom. The summed E-state index contributed by atoms with van der Waals surface area (Å²) in [6.45, 7) is 4.35. The Hall–Kier alpha value is -5.35. The number of unbranched alkanes of at least 4 members (excludes halogenated alkanes) is 1. The molecule has 3 heterocycles. The zero-order valence-corrected chi connectivity index (χ0v) is 45.8. The van der Waals surface area contributed by atoms with Crippen LogP contribution in [0.5, 0.6) is 0 Å². The number of esters is 1. The molecule has 2 saturated carbocycles. The first-order valence-electron chi connectivity index (χ1n) is 27.5. The molecule has 1 aromatic heterocycles. The minimum absolute atomic E-state index is 0.0155. The number of Topliss-reactive ketones (excluding diaryl/α,β-unsaturated/α-hetero) is 1. The van der Waals surface area contributed by atoms with Crippen molar-refractivity contribution < 1.29 is 91.2 Å². The molecule has 2 aliphatic carbocycles. The average molecular weight is 1140 g/mol. The van der Waals surface area contributed by atoms with Crippen molar-refractivity contribution in [2.75, 3.05) is 11.9 Å². The van der Waals surface area contributed by atoms with Gasteiger partial charge in [0.2, 0.25) is 5.91 Å². The standard InChI is InChI=1S/C56H74N4O19S/c1-30-23-35-17-12-19-38(45(35)43(24-30)80(71,72)73)57-44(63)21-22-60-28-37(58-59-60)18-10-11-20-39(62)36-25-31(2)50(79-55-49(67)48(66)46(64)32(3)74-55)40(27-36)76-56-52(78-54(70)34-15-8-5-9-16-34)51(47(65)42(29-61)77-56)75-41(53(68)69)26-33-13-6-4-7-14-33/h5,8-9,12,15-17,19,23-24,28,31-33,36,40-42,46-52,55-56,61,64-67H,4,6-7,10-11,13-14,18,20-22,25-27,29H2,1-3H3,(H,57,63)(H,68,69)(H,71,72,73)/t31?,32?,36?,40?,41-,42?,46?,47?,48?,49?,50?,51?,52?,55?,56?/m0/s1. The fourth-order valence-electron chi connectivity index (χ4n) is 11.5. The highest BCUT2D eigenvalue weighted by Gasteiger charge is 2.54. The molecule has 1 amide bonds. The largest absolute Gasteiger partial charge is 0.479 e. The number of carboxylic acids is 1. The number of fused-ring (bicyclic) bond motifs is 1. The SMILES string of the molecule is Cc1cc(S(=O)(=O)O)c2c(NC(=O)CCn3cc(CCCCC(=O)C4CC(C)C(OC5OC(C)C(O)C(O)C5O)C(OC5OC(CO)C(O)C(O[C@@H](CC6CCCCC6)C(=O)O)C5OC(=O)c5ccccc5)C4)nn3)cccc2c1. The fourth-order valence-corrected chi connectivity index (χ4v) is 12.3. The molecule has 3 aromatic carbocycles. The number of ether oxygens (including phenoxy) is 6. The first-order valence-corrected chi connectivity index (χ1v) is 28.9. The summed E-state index contributed by atoms with van der Waals surface area (Å²) in [5.41, 5.74) is 1.56. The van der Waals surface area contributed by atoms with E-state index in [4.69, 9.17) is 28.4 Å². The van der Waals surface area contributed by atoms with Crippen molar-refractivity contribution >= 4 is 50.2 Å². The third-order valence-corrected chi connectivity index (χ3v) is 16.7. The van der Waals surface area contributed by atoms with Gasteiger partial charge in [-0.1, -0.05) is 80.6 Å². The number of aromatic nitrogens is 3. The molecule has 438 valence electrons. The number of aliphatic carboxylic acids is 1. The van der Waals surface area contributed by atoms with E-state index >= 15 is 0 Å². The number of carbonyl (C=O) groups is 4. The highest BCUT2D eigenvalue weighted by atomic mass is 32.2. The quantitative estimate of drug-likeness (QED) is 0.0295. The summed E-state index contributed by atoms with van der Waals surface area (Å²) in [6, 6.07) is 15.9. The number of rotatable bonds is 23. The summed E-state index contributed by atoms with van der Waals surface area (Å²) in [6.07, 6.45) is -10.9. The molecule has 2 aliphatic heterocycles. The zero-order chi connectivity index (χ0) is 57.4. The molecule has 4 aliphatic rings. The van der Waals surface area contributed by atoms with Gasteiger partial charge in [-0.15, -0.1) is 5.10 Å². The molecule has 23 nitrogen and oxygen atoms in total. The van der Waals surface area contributed by atoms with Crippen LogP contribution in [0.3, 0.4) is 0 Å². The van der Waals surface area contributed by atoms with Crippen molar-refractivity contribution in [3.8, 4) is 0 Å². The minimum atomic E-state index is -4.60. The van der Waals surface area contributed by atoms with E-state index < -0.39 is 126 Å². The summed E-state index contributed by atoms with van der Waals surface area (Å²) in [5, 5.41) is 76.9. The van der Waals surface area contributed by atoms with Crippen LogP contribution in [0, 0.1) is 24.7 Å². The second kappa shape index (κ2) is 27.2. The molecule has 80 heavy (non-hydrogen) atoms. The van der Waals surface area contributed by atoms with Crippen LogP contribution in [0.25, 0.3) is 10.8 Å². The lowest BCUT2D eigenvalue weighted by molar-refractivity contribution is -0.349. The lowest BCUT2D eigenvalue weighted by Crippen LogP contribution is -2.64. The van der Waals surface area contributed by atoms with Crippen LogP contribution in [0.4, 0.5) is 5.69 Å². The summed E-state index contributed by atoms with van der Waals surface area (Å²) in [5.74, 6) is -3.87. The molecule has 14 unspecified atom stereocenters. The van der Waals surface area contributed by atoms with E-state index in [-0.39, 0.29) is 71.9 Å². The number of hydrogen-bond acceptors (Lipinski definition) is 19. The maximum absolute atomic E-state index is 14.2. The van der Waals surface area contributed by atoms with Crippen LogP contribution >= 0.6 is 0 Å². The number of nitrogens with one attached hydrogen (secondary N) is 1. The molecule has 4 aromatic rings. The molecule has 8 N–H and O–H groups in total. The van der Waals surface area contributed by atoms with Gasteiger partial charge in [-0.2, -0.15) is 8.42 Å². The van der Waals surface area contributed by atoms with Crippen molar-refractivity contribution in [1.82, 2.24) is 15.0 Å². The van der Waals surface area contributed by atoms with Gasteiger partial charge in [0.05, 0.1) is 42.7 Å². The van der Waals surface area contributed by atoms with E-state index in [0.717, 1.165) is 32.1 Å². The Kier molecular flexibility index (Phi) is 20.6. The molecule has 8 rings (SSSR count). The predicted molar refractivity (Wildman–Crippen MR) is 283 cm³/mol. The number of aliphatic hydroxyl groups is 5. The van der Waals surface area contributed by atoms with Crippen molar-refractivity contribution in [3.05, 3.63) is 83.7 Å². The highest BCUT2D eigenvalue weighted by molar-refractivity contribution is 7.86. The predicted octanol–water partition coefficient (Wildman–Crippen LogP) is 4.05. The Morgan fingerprint density at radius 2 is 1.59 bits per heavy atom. The van der Waals surface area contributed by atoms with E-state index in [2.05, 4.69) is 15.6 Å². The van der Waals surface area contributed by atoms with Gasteiger partial charge >= 0.3 is 11.9 Å². The number of carbonyl (C=O) groups excluding carboxylic acids is 3. The number of aryl methyl sites for hydroxylation is 3. The van der Waals surface area contributed by atoms with E-state index in [1.807, 2.05) is 0 Å². The lowest BCUT2D eigenvalue weighted by atomic mass is 9.75. The van der Waals surface area contributed by atoms with Gasteiger partial charge in [0.15, 0.2) is 24.8 Å². The van der Waals surface area contributed by atoms with E-state index in [1.54, 1.807) is 62.5 Å². The first-order chi connectivity index (χ1) is 38.2. The Morgan fingerprint density at radius 1 is 0.838 bits per heavy atom. The normalized spacial score (nSPS) is 29.9. The number of benzene rings is 3. The van der Waals surface area contributed by atoms with Gasteiger partial charge < -0.3 is 64.4 Å². The second-order valence-electron chi connectivity index (χ2n) is 21.8. The number of anilines is 1. The van der Waals surface area contributed by atoms with E-state index in [9.17, 15) is 62.8 Å². The van der Waals surface area contributed by atoms with E-state index in [1.165, 1.54) is 29.8 Å². The molecular weight excluding hydrogens is 1060 g/mol. The van der Waals surface area contributed by atoms with Crippen LogP contribution in [0.1, 0.15) is 113 Å². The molecule has 15 atom stereocenters. The molecule has 24 heteroatoms. The molecule has 0 radical (unpaired) electrons. The van der Waals surface area contributed by atoms with Crippen molar-refractivity contribution in [2.24, 2.45) is 17.8 Å². The van der Waals surface area contributed by atoms with Gasteiger partial charge in [-0.3, -0.25) is 18.8 Å². The third kappa shape index (κ3) is 15.0. The summed E-state index contributed by atoms with van der Waals surface area (Å²) < 4.78 is 73.4. The van der Waals surface area contributed by atoms with Gasteiger partial charge in [0.25, 0.3) is 10.1 Å². The molecular formula is C56H74N4O19S. The molecule has 2 saturated heterocycles. The number of hydrogen-bond donors (Lipinski definition) is 8. The zero-order valence-electron chi connectivity index (χ0n) is 45.0. The van der Waals surface area contributed by atoms with Crippen molar-refractivity contribution in [2.45, 2.75) is 195 Å². The minimum Gasteiger partial charge on any atom is -0.479 e. The molecule has 0 spiro atoms. The van der Waals surface area contributed by atoms with Crippen LogP contribution in [0.15, 0.2) is 71.8 Å². The van der Waals surface area contributed by atoms with Gasteiger partial charge in [0.1, 0.15) is 47.3 Å². The fraction of sp³-hybridized carbons (Fsp3) is 0.607. The van der Waals surface area contributed by atoms with Crippen molar-refractivity contribution in [1.29, 1.82) is 0 Å². The van der Waals surface area contributed by atoms with Crippen LogP contribution in [-0.2, 0) is 65.9 Å². The van der Waals surface area contributed by atoms with Crippen LogP contribution in [0.2, 0.25) is 0 Å². The van der Waals surface area contributed by atoms with Gasteiger partial charge in [0, 0.05) is 36.0 Å². The summed E-state index contributed by atoms with van der Waals surface area (Å²) in [4.78, 5) is 53.8. The topological polar surface area (TPSA) is 342 Å². The van der Waals surface area contributed by atoms with Crippen molar-refractivity contribution in [3.63, 3.8) is 0 Å². The molecule has 4 fully saturated rings. The maximum atomic E-state index is 14.2. The smallest absolute Gasteiger partial charge is 0.338 e. The number of aliphatic hydroxyl groups excluding tert-OH is 5. The van der Waals surface area contributed by atoms with Crippen LogP contribution in [-0.4, -0.2) is 169 Å². The monoisotopic (exact) mass is 1140 g/mol. The lowest BCUT2D eigenvalue weighted by Gasteiger charge is -2.48. The summed E-state index contributed by atoms with van der Waals surface area (Å²) >= 11 is 0. The number of nitrogens with zero attached hydrogens (tertiary/aromatic N) is 3. The second-order valence-corrected chi connectivity index (χ2v) is 23.2. The Labute approximate surface area is 463 Å². The average Bonchev–Trinajstić information content (AvgIpc) is 3.99. The number of ketones is 1. The van der Waals surface area contributed by atoms with Gasteiger partial charge in [-0.05, 0) is 99.4 Å². The number of amides is 1. The highest BCUT2D eigenvalue weighted by Crippen LogP contribution is 2.40. The summed E-state index contributed by atoms with van der Waals surface area (Å²) in [7, 11) is -4.60. The Balaban J connectivity index is 0.951. The Bertz CT molecular complexity index is 2870. The maximum Gasteiger partial charge on any atom is 0.338 e. The van der Waals surface area contributed by atoms with Gasteiger partial charge in [-0.25, -0.2) is 9.59 Å². The first kappa shape index (κ1) is 60.7. The molecule has 0 bridgehead atoms. The van der Waals surface area contributed by atoms with E-state index in [0.29, 0.717) is 35.9 Å². The number of carboxylic acid groups (broad SMARTS) is 1.